The highest BCUT2D eigenvalue weighted by Gasteiger charge is 2.30. The second kappa shape index (κ2) is 7.57. The van der Waals surface area contributed by atoms with Gasteiger partial charge in [0, 0.05) is 5.75 Å². The Bertz CT molecular complexity index is 857. The first-order chi connectivity index (χ1) is 12.0. The van der Waals surface area contributed by atoms with Crippen molar-refractivity contribution >= 4 is 23.9 Å². The van der Waals surface area contributed by atoms with Gasteiger partial charge in [0.1, 0.15) is 5.82 Å². The molecule has 128 valence electrons. The van der Waals surface area contributed by atoms with Gasteiger partial charge in [-0.3, -0.25) is 5.10 Å². The number of aromatic amines is 1. The molecule has 0 bridgehead atoms. The lowest BCUT2D eigenvalue weighted by Crippen LogP contribution is -2.04. The Morgan fingerprint density at radius 3 is 2.56 bits per heavy atom. The van der Waals surface area contributed by atoms with Crippen LogP contribution in [0.4, 0.5) is 13.2 Å². The Balaban J connectivity index is 1.62. The van der Waals surface area contributed by atoms with Crippen LogP contribution >= 0.6 is 11.8 Å². The Labute approximate surface area is 147 Å². The predicted octanol–water partition coefficient (Wildman–Crippen LogP) is 5.29. The molecule has 1 aromatic heterocycles. The highest BCUT2D eigenvalue weighted by atomic mass is 32.2. The van der Waals surface area contributed by atoms with E-state index < -0.39 is 11.7 Å². The summed E-state index contributed by atoms with van der Waals surface area (Å²) in [5, 5.41) is 7.36. The molecule has 0 saturated heterocycles. The first-order valence-electron chi connectivity index (χ1n) is 7.45. The van der Waals surface area contributed by atoms with E-state index in [1.54, 1.807) is 12.1 Å². The van der Waals surface area contributed by atoms with Crippen LogP contribution in [0.25, 0.3) is 12.2 Å². The number of rotatable bonds is 5. The van der Waals surface area contributed by atoms with Crippen molar-refractivity contribution in [1.82, 2.24) is 15.2 Å². The molecule has 0 aliphatic carbocycles. The van der Waals surface area contributed by atoms with E-state index in [0.717, 1.165) is 17.7 Å². The Morgan fingerprint density at radius 2 is 1.80 bits per heavy atom. The number of nitrogens with one attached hydrogen (secondary N) is 1. The van der Waals surface area contributed by atoms with Gasteiger partial charge in [-0.2, -0.15) is 13.2 Å². The number of thioether (sulfide) groups is 1. The Hall–Kier alpha value is -2.54. The number of hydrogen-bond acceptors (Lipinski definition) is 3. The number of H-pyrrole nitrogens is 1. The van der Waals surface area contributed by atoms with Gasteiger partial charge in [0.25, 0.3) is 0 Å². The fraction of sp³-hybridized carbons (Fsp3) is 0.111. The topological polar surface area (TPSA) is 41.6 Å². The van der Waals surface area contributed by atoms with E-state index in [9.17, 15) is 13.2 Å². The van der Waals surface area contributed by atoms with E-state index in [1.165, 1.54) is 17.8 Å². The summed E-state index contributed by atoms with van der Waals surface area (Å²) in [7, 11) is 0. The molecule has 1 heterocycles. The molecule has 0 saturated carbocycles. The quantitative estimate of drug-likeness (QED) is 0.628. The third-order valence-electron chi connectivity index (χ3n) is 3.34. The smallest absolute Gasteiger partial charge is 0.259 e. The fourth-order valence-corrected chi connectivity index (χ4v) is 2.87. The van der Waals surface area contributed by atoms with E-state index in [-0.39, 0.29) is 0 Å². The highest BCUT2D eigenvalue weighted by molar-refractivity contribution is 7.98. The molecule has 3 aromatic rings. The number of alkyl halides is 3. The molecule has 0 atom stereocenters. The number of halogens is 3. The van der Waals surface area contributed by atoms with E-state index >= 15 is 0 Å². The number of benzene rings is 2. The zero-order valence-corrected chi connectivity index (χ0v) is 13.8. The van der Waals surface area contributed by atoms with Crippen LogP contribution in [0.3, 0.4) is 0 Å². The summed E-state index contributed by atoms with van der Waals surface area (Å²) in [4.78, 5) is 4.30. The number of aromatic nitrogens is 3. The van der Waals surface area contributed by atoms with Crippen molar-refractivity contribution in [1.29, 1.82) is 0 Å². The van der Waals surface area contributed by atoms with Gasteiger partial charge in [0.05, 0.1) is 5.56 Å². The molecule has 7 heteroatoms. The van der Waals surface area contributed by atoms with Crippen molar-refractivity contribution in [3.8, 4) is 0 Å². The Kier molecular flexibility index (Phi) is 5.23. The van der Waals surface area contributed by atoms with Crippen molar-refractivity contribution in [2.24, 2.45) is 0 Å². The molecule has 0 aliphatic heterocycles. The average molecular weight is 361 g/mol. The summed E-state index contributed by atoms with van der Waals surface area (Å²) in [5.41, 5.74) is 0.968. The average Bonchev–Trinajstić information content (AvgIpc) is 3.07. The van der Waals surface area contributed by atoms with Gasteiger partial charge < -0.3 is 0 Å². The first-order valence-corrected chi connectivity index (χ1v) is 8.44. The zero-order valence-electron chi connectivity index (χ0n) is 13.0. The van der Waals surface area contributed by atoms with E-state index in [1.807, 2.05) is 36.4 Å². The van der Waals surface area contributed by atoms with Crippen molar-refractivity contribution in [2.75, 3.05) is 0 Å². The van der Waals surface area contributed by atoms with Crippen molar-refractivity contribution in [3.05, 3.63) is 77.1 Å². The van der Waals surface area contributed by atoms with Crippen molar-refractivity contribution < 1.29 is 13.2 Å². The number of hydrogen-bond donors (Lipinski definition) is 1. The van der Waals surface area contributed by atoms with Gasteiger partial charge in [-0.1, -0.05) is 66.4 Å². The van der Waals surface area contributed by atoms with Crippen LogP contribution in [0.15, 0.2) is 59.8 Å². The van der Waals surface area contributed by atoms with Gasteiger partial charge >= 0.3 is 6.18 Å². The van der Waals surface area contributed by atoms with Crippen LogP contribution < -0.4 is 0 Å². The molecule has 1 N–H and O–H groups in total. The maximum absolute atomic E-state index is 12.7. The van der Waals surface area contributed by atoms with Gasteiger partial charge in [-0.25, -0.2) is 4.98 Å². The molecule has 0 amide bonds. The first kappa shape index (κ1) is 17.3. The van der Waals surface area contributed by atoms with Gasteiger partial charge in [-0.05, 0) is 23.3 Å². The van der Waals surface area contributed by atoms with Gasteiger partial charge in [0.2, 0.25) is 5.16 Å². The second-order valence-corrected chi connectivity index (χ2v) is 6.18. The molecule has 0 aliphatic rings. The summed E-state index contributed by atoms with van der Waals surface area (Å²) in [5.74, 6) is 0.958. The molecule has 0 fully saturated rings. The predicted molar refractivity (Wildman–Crippen MR) is 92.8 cm³/mol. The minimum Gasteiger partial charge on any atom is -0.259 e. The van der Waals surface area contributed by atoms with E-state index in [0.29, 0.717) is 22.3 Å². The maximum atomic E-state index is 12.7. The van der Waals surface area contributed by atoms with E-state index in [2.05, 4.69) is 15.2 Å². The Morgan fingerprint density at radius 1 is 1.00 bits per heavy atom. The lowest BCUT2D eigenvalue weighted by molar-refractivity contribution is -0.137. The molecule has 3 rings (SSSR count). The van der Waals surface area contributed by atoms with Crippen LogP contribution in [0, 0.1) is 0 Å². The lowest BCUT2D eigenvalue weighted by Gasteiger charge is -2.07. The molecule has 0 unspecified atom stereocenters. The minimum absolute atomic E-state index is 0.365. The van der Waals surface area contributed by atoms with Crippen LogP contribution in [-0.2, 0) is 11.9 Å². The van der Waals surface area contributed by atoms with Gasteiger partial charge in [0.15, 0.2) is 0 Å². The molecule has 25 heavy (non-hydrogen) atoms. The van der Waals surface area contributed by atoms with Crippen LogP contribution in [0.5, 0.6) is 0 Å². The lowest BCUT2D eigenvalue weighted by atomic mass is 10.1. The maximum Gasteiger partial charge on any atom is 0.416 e. The monoisotopic (exact) mass is 361 g/mol. The van der Waals surface area contributed by atoms with Crippen LogP contribution in [-0.4, -0.2) is 15.2 Å². The summed E-state index contributed by atoms with van der Waals surface area (Å²) in [6.07, 6.45) is -0.626. The summed E-state index contributed by atoms with van der Waals surface area (Å²) in [6, 6.07) is 15.0. The number of nitrogens with zero attached hydrogens (tertiary/aromatic N) is 2. The standard InChI is InChI=1S/C18H14F3N3S/c19-18(20,21)15-8-4-7-14(11-15)12-25-17-22-16(23-24-17)10-9-13-5-2-1-3-6-13/h1-11H,12H2,(H,22,23,24)/b10-9+. The molecule has 2 aromatic carbocycles. The third kappa shape index (κ3) is 4.96. The summed E-state index contributed by atoms with van der Waals surface area (Å²) in [6.45, 7) is 0. The fourth-order valence-electron chi connectivity index (χ4n) is 2.12. The SMILES string of the molecule is FC(F)(F)c1cccc(CSc2n[nH]c(/C=C/c3ccccc3)n2)c1. The van der Waals surface area contributed by atoms with E-state index in [4.69, 9.17) is 0 Å². The van der Waals surface area contributed by atoms with Crippen molar-refractivity contribution in [3.63, 3.8) is 0 Å². The molecular formula is C18H14F3N3S. The van der Waals surface area contributed by atoms with Crippen molar-refractivity contribution in [2.45, 2.75) is 17.1 Å². The molecule has 3 nitrogen and oxygen atoms in total. The largest absolute Gasteiger partial charge is 0.416 e. The molecule has 0 spiro atoms. The molecule has 0 radical (unpaired) electrons. The van der Waals surface area contributed by atoms with Crippen LogP contribution in [0.1, 0.15) is 22.5 Å². The summed E-state index contributed by atoms with van der Waals surface area (Å²) >= 11 is 1.28. The normalized spacial score (nSPS) is 12.0. The minimum atomic E-state index is -4.33. The zero-order chi connectivity index (χ0) is 17.7. The molecular weight excluding hydrogens is 347 g/mol. The summed E-state index contributed by atoms with van der Waals surface area (Å²) < 4.78 is 38.1. The van der Waals surface area contributed by atoms with Crippen LogP contribution in [0.2, 0.25) is 0 Å². The second-order valence-electron chi connectivity index (χ2n) is 5.23. The third-order valence-corrected chi connectivity index (χ3v) is 4.26. The highest BCUT2D eigenvalue weighted by Crippen LogP contribution is 2.30. The van der Waals surface area contributed by atoms with Gasteiger partial charge in [-0.15, -0.1) is 5.10 Å².